The monoisotopic (exact) mass is 280 g/mol. The number of esters is 1. The highest BCUT2D eigenvalue weighted by molar-refractivity contribution is 5.90. The van der Waals surface area contributed by atoms with Crippen LogP contribution in [-0.4, -0.2) is 36.6 Å². The first kappa shape index (κ1) is 15.1. The van der Waals surface area contributed by atoms with E-state index in [2.05, 4.69) is 11.8 Å². The molecule has 0 bridgehead atoms. The third kappa shape index (κ3) is 3.22. The molecule has 0 aromatic carbocycles. The first-order chi connectivity index (χ1) is 9.67. The molecule has 20 heavy (non-hydrogen) atoms. The molecule has 0 radical (unpaired) electrons. The fourth-order valence-electron chi connectivity index (χ4n) is 2.95. The van der Waals surface area contributed by atoms with Gasteiger partial charge in [-0.1, -0.05) is 6.92 Å². The lowest BCUT2D eigenvalue weighted by atomic mass is 9.90. The van der Waals surface area contributed by atoms with E-state index in [0.717, 1.165) is 13.0 Å². The van der Waals surface area contributed by atoms with E-state index < -0.39 is 0 Å². The summed E-state index contributed by atoms with van der Waals surface area (Å²) in [5.74, 6) is 0.941. The standard InChI is InChI=1S/C15H24N2O3/c1-3-19-15(18)12-6-8-20-14(12)10-17-7-4-5-11(2)13(17)9-16/h6,8,11,13H,3-5,7,9-10,16H2,1-2H3. The molecule has 1 aromatic heterocycles. The van der Waals surface area contributed by atoms with E-state index in [1.54, 1.807) is 19.3 Å². The molecular weight excluding hydrogens is 256 g/mol. The Morgan fingerprint density at radius 1 is 1.60 bits per heavy atom. The smallest absolute Gasteiger partial charge is 0.341 e. The quantitative estimate of drug-likeness (QED) is 0.836. The summed E-state index contributed by atoms with van der Waals surface area (Å²) in [4.78, 5) is 14.2. The minimum Gasteiger partial charge on any atom is -0.467 e. The largest absolute Gasteiger partial charge is 0.467 e. The van der Waals surface area contributed by atoms with Gasteiger partial charge >= 0.3 is 5.97 Å². The zero-order valence-corrected chi connectivity index (χ0v) is 12.3. The number of rotatable bonds is 5. The van der Waals surface area contributed by atoms with Crippen molar-refractivity contribution >= 4 is 5.97 Å². The molecule has 1 fully saturated rings. The molecule has 2 N–H and O–H groups in total. The van der Waals surface area contributed by atoms with Gasteiger partial charge < -0.3 is 14.9 Å². The summed E-state index contributed by atoms with van der Waals surface area (Å²) in [5, 5.41) is 0. The number of nitrogens with zero attached hydrogens (tertiary/aromatic N) is 1. The maximum atomic E-state index is 11.9. The van der Waals surface area contributed by atoms with Crippen molar-refractivity contribution in [1.82, 2.24) is 4.90 Å². The van der Waals surface area contributed by atoms with Gasteiger partial charge in [0.15, 0.2) is 0 Å². The summed E-state index contributed by atoms with van der Waals surface area (Å²) in [6.07, 6.45) is 3.92. The second-order valence-electron chi connectivity index (χ2n) is 5.37. The molecule has 0 spiro atoms. The highest BCUT2D eigenvalue weighted by Gasteiger charge is 2.29. The molecule has 2 atom stereocenters. The molecule has 5 nitrogen and oxygen atoms in total. The average molecular weight is 280 g/mol. The molecule has 0 saturated carbocycles. The van der Waals surface area contributed by atoms with Gasteiger partial charge in [0.2, 0.25) is 0 Å². The van der Waals surface area contributed by atoms with Gasteiger partial charge in [0.05, 0.1) is 19.4 Å². The van der Waals surface area contributed by atoms with E-state index >= 15 is 0 Å². The molecule has 1 aliphatic heterocycles. The Balaban J connectivity index is 2.09. The molecule has 0 aliphatic carbocycles. The Labute approximate surface area is 120 Å². The number of hydrogen-bond acceptors (Lipinski definition) is 5. The number of furan rings is 1. The first-order valence-electron chi connectivity index (χ1n) is 7.35. The third-order valence-electron chi connectivity index (χ3n) is 4.06. The van der Waals surface area contributed by atoms with E-state index in [9.17, 15) is 4.79 Å². The zero-order valence-electron chi connectivity index (χ0n) is 12.3. The Morgan fingerprint density at radius 2 is 2.40 bits per heavy atom. The lowest BCUT2D eigenvalue weighted by molar-refractivity contribution is 0.0516. The second kappa shape index (κ2) is 6.90. The summed E-state index contributed by atoms with van der Waals surface area (Å²) >= 11 is 0. The van der Waals surface area contributed by atoms with Crippen LogP contribution in [0.3, 0.4) is 0 Å². The summed E-state index contributed by atoms with van der Waals surface area (Å²) in [5.41, 5.74) is 6.42. The lowest BCUT2D eigenvalue weighted by Crippen LogP contribution is -2.48. The van der Waals surface area contributed by atoms with Crippen molar-refractivity contribution in [3.05, 3.63) is 23.7 Å². The Bertz CT molecular complexity index is 444. The van der Waals surface area contributed by atoms with Crippen LogP contribution in [0.15, 0.2) is 16.7 Å². The molecule has 2 rings (SSSR count). The lowest BCUT2D eigenvalue weighted by Gasteiger charge is -2.39. The number of likely N-dealkylation sites (tertiary alicyclic amines) is 1. The van der Waals surface area contributed by atoms with Crippen LogP contribution in [0.5, 0.6) is 0 Å². The SMILES string of the molecule is CCOC(=O)c1ccoc1CN1CCCC(C)C1CN. The molecule has 2 heterocycles. The van der Waals surface area contributed by atoms with Crippen molar-refractivity contribution in [2.24, 2.45) is 11.7 Å². The molecule has 1 aliphatic rings. The average Bonchev–Trinajstić information content (AvgIpc) is 2.87. The van der Waals surface area contributed by atoms with E-state index in [-0.39, 0.29) is 5.97 Å². The van der Waals surface area contributed by atoms with Crippen LogP contribution in [-0.2, 0) is 11.3 Å². The van der Waals surface area contributed by atoms with Crippen molar-refractivity contribution in [2.75, 3.05) is 19.7 Å². The van der Waals surface area contributed by atoms with Crippen molar-refractivity contribution in [3.8, 4) is 0 Å². The zero-order chi connectivity index (χ0) is 14.5. The van der Waals surface area contributed by atoms with Crippen LogP contribution in [0.2, 0.25) is 0 Å². The number of carbonyl (C=O) groups is 1. The Kier molecular flexibility index (Phi) is 5.20. The van der Waals surface area contributed by atoms with Crippen molar-refractivity contribution in [1.29, 1.82) is 0 Å². The predicted octanol–water partition coefficient (Wildman–Crippen LogP) is 2.02. The molecule has 1 saturated heterocycles. The fraction of sp³-hybridized carbons (Fsp3) is 0.667. The molecular formula is C15H24N2O3. The van der Waals surface area contributed by atoms with Crippen molar-refractivity contribution < 1.29 is 13.9 Å². The molecule has 1 aromatic rings. The number of carbonyl (C=O) groups excluding carboxylic acids is 1. The molecule has 0 amide bonds. The number of nitrogens with two attached hydrogens (primary N) is 1. The first-order valence-corrected chi connectivity index (χ1v) is 7.35. The van der Waals surface area contributed by atoms with Gasteiger partial charge in [-0.3, -0.25) is 4.90 Å². The van der Waals surface area contributed by atoms with Gasteiger partial charge in [-0.05, 0) is 38.3 Å². The van der Waals surface area contributed by atoms with Crippen LogP contribution in [0.4, 0.5) is 0 Å². The maximum Gasteiger partial charge on any atom is 0.341 e. The Hall–Kier alpha value is -1.33. The second-order valence-corrected chi connectivity index (χ2v) is 5.37. The summed E-state index contributed by atoms with van der Waals surface area (Å²) in [7, 11) is 0. The van der Waals surface area contributed by atoms with Gasteiger partial charge in [0.1, 0.15) is 11.3 Å². The Morgan fingerprint density at radius 3 is 3.10 bits per heavy atom. The summed E-state index contributed by atoms with van der Waals surface area (Å²) < 4.78 is 10.5. The van der Waals surface area contributed by atoms with Gasteiger partial charge in [-0.15, -0.1) is 0 Å². The summed E-state index contributed by atoms with van der Waals surface area (Å²) in [6.45, 7) is 6.65. The van der Waals surface area contributed by atoms with E-state index in [4.69, 9.17) is 14.9 Å². The van der Waals surface area contributed by atoms with Crippen molar-refractivity contribution in [3.63, 3.8) is 0 Å². The molecule has 112 valence electrons. The van der Waals surface area contributed by atoms with Crippen LogP contribution >= 0.6 is 0 Å². The summed E-state index contributed by atoms with van der Waals surface area (Å²) in [6, 6.07) is 2.03. The minimum atomic E-state index is -0.314. The highest BCUT2D eigenvalue weighted by Crippen LogP contribution is 2.25. The topological polar surface area (TPSA) is 68.7 Å². The van der Waals surface area contributed by atoms with Gasteiger partial charge in [-0.25, -0.2) is 4.79 Å². The predicted molar refractivity (Wildman–Crippen MR) is 76.3 cm³/mol. The van der Waals surface area contributed by atoms with Crippen LogP contribution in [0.25, 0.3) is 0 Å². The van der Waals surface area contributed by atoms with E-state index in [0.29, 0.717) is 43.0 Å². The van der Waals surface area contributed by atoms with Crippen LogP contribution in [0.1, 0.15) is 42.8 Å². The molecule has 2 unspecified atom stereocenters. The molecule has 5 heteroatoms. The highest BCUT2D eigenvalue weighted by atomic mass is 16.5. The minimum absolute atomic E-state index is 0.314. The van der Waals surface area contributed by atoms with Gasteiger partial charge in [0, 0.05) is 12.6 Å². The van der Waals surface area contributed by atoms with Crippen LogP contribution in [0, 0.1) is 5.92 Å². The van der Waals surface area contributed by atoms with E-state index in [1.165, 1.54) is 6.42 Å². The fourth-order valence-corrected chi connectivity index (χ4v) is 2.95. The number of ether oxygens (including phenoxy) is 1. The third-order valence-corrected chi connectivity index (χ3v) is 4.06. The van der Waals surface area contributed by atoms with Gasteiger partial charge in [-0.2, -0.15) is 0 Å². The van der Waals surface area contributed by atoms with Crippen molar-refractivity contribution in [2.45, 2.75) is 39.3 Å². The van der Waals surface area contributed by atoms with Crippen LogP contribution < -0.4 is 5.73 Å². The normalized spacial score (nSPS) is 23.8. The maximum absolute atomic E-state index is 11.9. The number of piperidine rings is 1. The number of hydrogen-bond donors (Lipinski definition) is 1. The van der Waals surface area contributed by atoms with Gasteiger partial charge in [0.25, 0.3) is 0 Å². The van der Waals surface area contributed by atoms with E-state index in [1.807, 2.05) is 0 Å².